The largest absolute Gasteiger partial charge is 0.330 e. The second kappa shape index (κ2) is 4.90. The number of carbonyl (C=O) groups excluding carboxylic acids is 1. The maximum Gasteiger partial charge on any atom is 0.132 e. The van der Waals surface area contributed by atoms with Gasteiger partial charge in [-0.25, -0.2) is 4.98 Å². The van der Waals surface area contributed by atoms with Crippen molar-refractivity contribution in [3.05, 3.63) is 35.7 Å². The Kier molecular flexibility index (Phi) is 3.24. The monoisotopic (exact) mass is 275 g/mol. The van der Waals surface area contributed by atoms with Crippen LogP contribution in [-0.2, 0) is 10.2 Å². The molecule has 0 radical (unpaired) electrons. The van der Waals surface area contributed by atoms with Crippen LogP contribution >= 0.6 is 11.3 Å². The van der Waals surface area contributed by atoms with E-state index in [1.807, 2.05) is 28.3 Å². The lowest BCUT2D eigenvalue weighted by molar-refractivity contribution is -0.110. The molecule has 100 valence electrons. The summed E-state index contributed by atoms with van der Waals surface area (Å²) >= 11 is 1.66. The van der Waals surface area contributed by atoms with Gasteiger partial charge in [0, 0.05) is 6.20 Å². The summed E-state index contributed by atoms with van der Waals surface area (Å²) in [6.07, 6.45) is 7.77. The van der Waals surface area contributed by atoms with Crippen molar-refractivity contribution in [2.24, 2.45) is 11.7 Å². The SMILES string of the molecule is NCCCC1CC1(C=O)c1cn(-c2cccs2)cn1. The zero-order chi connectivity index (χ0) is 13.3. The number of hydrogen-bond acceptors (Lipinski definition) is 4. The Morgan fingerprint density at radius 3 is 3.21 bits per heavy atom. The molecule has 4 nitrogen and oxygen atoms in total. The molecule has 0 amide bonds. The number of carbonyl (C=O) groups is 1. The van der Waals surface area contributed by atoms with Crippen molar-refractivity contribution in [1.82, 2.24) is 9.55 Å². The van der Waals surface area contributed by atoms with Crippen molar-refractivity contribution in [2.45, 2.75) is 24.7 Å². The van der Waals surface area contributed by atoms with Gasteiger partial charge in [-0.2, -0.15) is 0 Å². The molecular formula is C14H17N3OS. The summed E-state index contributed by atoms with van der Waals surface area (Å²) in [6.45, 7) is 0.690. The Bertz CT molecular complexity index is 563. The lowest BCUT2D eigenvalue weighted by Gasteiger charge is -2.06. The predicted molar refractivity (Wildman–Crippen MR) is 75.6 cm³/mol. The van der Waals surface area contributed by atoms with E-state index in [1.165, 1.54) is 0 Å². The Hall–Kier alpha value is -1.46. The molecule has 2 unspecified atom stereocenters. The van der Waals surface area contributed by atoms with E-state index < -0.39 is 0 Å². The molecule has 0 aromatic carbocycles. The van der Waals surface area contributed by atoms with Crippen molar-refractivity contribution < 1.29 is 4.79 Å². The lowest BCUT2D eigenvalue weighted by Crippen LogP contribution is -2.13. The van der Waals surface area contributed by atoms with Crippen LogP contribution in [0.2, 0.25) is 0 Å². The van der Waals surface area contributed by atoms with E-state index in [4.69, 9.17) is 5.73 Å². The Morgan fingerprint density at radius 2 is 2.53 bits per heavy atom. The van der Waals surface area contributed by atoms with Crippen LogP contribution in [0.5, 0.6) is 0 Å². The zero-order valence-corrected chi connectivity index (χ0v) is 11.5. The molecule has 2 aromatic heterocycles. The van der Waals surface area contributed by atoms with Crippen LogP contribution in [0, 0.1) is 5.92 Å². The minimum atomic E-state index is -0.350. The van der Waals surface area contributed by atoms with E-state index in [0.717, 1.165) is 36.2 Å². The second-order valence-electron chi connectivity index (χ2n) is 5.11. The predicted octanol–water partition coefficient (Wildman–Crippen LogP) is 2.13. The highest BCUT2D eigenvalue weighted by Crippen LogP contribution is 2.54. The average molecular weight is 275 g/mol. The van der Waals surface area contributed by atoms with Crippen LogP contribution in [0.3, 0.4) is 0 Å². The van der Waals surface area contributed by atoms with Gasteiger partial charge in [0.05, 0.1) is 11.1 Å². The molecule has 2 aromatic rings. The van der Waals surface area contributed by atoms with Gasteiger partial charge in [-0.05, 0) is 49.2 Å². The smallest absolute Gasteiger partial charge is 0.132 e. The fourth-order valence-corrected chi connectivity index (χ4v) is 3.37. The van der Waals surface area contributed by atoms with Crippen LogP contribution in [0.1, 0.15) is 25.0 Å². The molecule has 3 rings (SSSR count). The second-order valence-corrected chi connectivity index (χ2v) is 6.03. The lowest BCUT2D eigenvalue weighted by atomic mass is 9.99. The number of nitrogens with two attached hydrogens (primary N) is 1. The van der Waals surface area contributed by atoms with Gasteiger partial charge in [-0.1, -0.05) is 0 Å². The highest BCUT2D eigenvalue weighted by molar-refractivity contribution is 7.12. The number of aldehydes is 1. The molecule has 2 heterocycles. The number of thiophene rings is 1. The average Bonchev–Trinajstić information content (AvgIpc) is 2.87. The summed E-state index contributed by atoms with van der Waals surface area (Å²) in [7, 11) is 0. The minimum absolute atomic E-state index is 0.350. The van der Waals surface area contributed by atoms with Gasteiger partial charge in [0.2, 0.25) is 0 Å². The molecule has 5 heteroatoms. The molecule has 0 bridgehead atoms. The summed E-state index contributed by atoms with van der Waals surface area (Å²) in [6, 6.07) is 4.05. The van der Waals surface area contributed by atoms with Gasteiger partial charge in [0.15, 0.2) is 0 Å². The molecule has 1 aliphatic rings. The molecule has 19 heavy (non-hydrogen) atoms. The normalized spacial score (nSPS) is 25.4. The van der Waals surface area contributed by atoms with Gasteiger partial charge in [0.25, 0.3) is 0 Å². The number of nitrogens with zero attached hydrogens (tertiary/aromatic N) is 2. The van der Waals surface area contributed by atoms with Gasteiger partial charge in [-0.15, -0.1) is 11.3 Å². The number of imidazole rings is 1. The first-order chi connectivity index (χ1) is 9.30. The third-order valence-corrected chi connectivity index (χ3v) is 4.82. The first kappa shape index (κ1) is 12.6. The molecule has 0 spiro atoms. The molecule has 1 aliphatic carbocycles. The zero-order valence-electron chi connectivity index (χ0n) is 10.7. The molecule has 0 saturated heterocycles. The molecule has 1 fully saturated rings. The van der Waals surface area contributed by atoms with Gasteiger partial charge in [0.1, 0.15) is 17.6 Å². The van der Waals surface area contributed by atoms with Crippen LogP contribution in [-0.4, -0.2) is 22.4 Å². The van der Waals surface area contributed by atoms with Crippen LogP contribution in [0.4, 0.5) is 0 Å². The first-order valence-electron chi connectivity index (χ1n) is 6.55. The van der Waals surface area contributed by atoms with Crippen molar-refractivity contribution in [1.29, 1.82) is 0 Å². The van der Waals surface area contributed by atoms with E-state index in [1.54, 1.807) is 17.7 Å². The number of rotatable bonds is 6. The fourth-order valence-electron chi connectivity index (χ4n) is 2.69. The van der Waals surface area contributed by atoms with Crippen LogP contribution in [0.15, 0.2) is 30.0 Å². The minimum Gasteiger partial charge on any atom is -0.330 e. The van der Waals surface area contributed by atoms with E-state index >= 15 is 0 Å². The summed E-state index contributed by atoms with van der Waals surface area (Å²) < 4.78 is 1.99. The summed E-state index contributed by atoms with van der Waals surface area (Å²) in [4.78, 5) is 15.9. The molecular weight excluding hydrogens is 258 g/mol. The Labute approximate surface area is 116 Å². The van der Waals surface area contributed by atoms with Gasteiger partial charge >= 0.3 is 0 Å². The van der Waals surface area contributed by atoms with E-state index in [0.29, 0.717) is 12.5 Å². The quantitative estimate of drug-likeness (QED) is 0.822. The molecule has 2 atom stereocenters. The number of aromatic nitrogens is 2. The third-order valence-electron chi connectivity index (χ3n) is 3.94. The van der Waals surface area contributed by atoms with Crippen LogP contribution in [0.25, 0.3) is 5.00 Å². The Morgan fingerprint density at radius 1 is 1.63 bits per heavy atom. The Balaban J connectivity index is 1.81. The van der Waals surface area contributed by atoms with Gasteiger partial charge < -0.3 is 10.5 Å². The third kappa shape index (κ3) is 2.13. The highest BCUT2D eigenvalue weighted by Gasteiger charge is 2.56. The highest BCUT2D eigenvalue weighted by atomic mass is 32.1. The molecule has 0 aliphatic heterocycles. The molecule has 1 saturated carbocycles. The standard InChI is InChI=1S/C14H17N3OS/c15-5-1-3-11-7-14(11,9-18)12-8-17(10-16-12)13-4-2-6-19-13/h2,4,6,8-11H,1,3,5,7,15H2. The van der Waals surface area contributed by atoms with Crippen LogP contribution < -0.4 is 5.73 Å². The van der Waals surface area contributed by atoms with E-state index in [2.05, 4.69) is 4.98 Å². The van der Waals surface area contributed by atoms with Crippen molar-refractivity contribution in [3.8, 4) is 5.00 Å². The maximum absolute atomic E-state index is 11.5. The fraction of sp³-hybridized carbons (Fsp3) is 0.429. The first-order valence-corrected chi connectivity index (χ1v) is 7.43. The molecule has 2 N–H and O–H groups in total. The van der Waals surface area contributed by atoms with Crippen molar-refractivity contribution in [2.75, 3.05) is 6.54 Å². The van der Waals surface area contributed by atoms with Crippen molar-refractivity contribution >= 4 is 17.6 Å². The topological polar surface area (TPSA) is 60.9 Å². The summed E-state index contributed by atoms with van der Waals surface area (Å²) in [5, 5.41) is 3.16. The summed E-state index contributed by atoms with van der Waals surface area (Å²) in [5.41, 5.74) is 6.09. The summed E-state index contributed by atoms with van der Waals surface area (Å²) in [5.74, 6) is 0.417. The van der Waals surface area contributed by atoms with Crippen molar-refractivity contribution in [3.63, 3.8) is 0 Å². The maximum atomic E-state index is 11.5. The number of hydrogen-bond donors (Lipinski definition) is 1. The van der Waals surface area contributed by atoms with E-state index in [-0.39, 0.29) is 5.41 Å². The van der Waals surface area contributed by atoms with E-state index in [9.17, 15) is 4.79 Å². The van der Waals surface area contributed by atoms with Gasteiger partial charge in [-0.3, -0.25) is 4.57 Å².